The lowest BCUT2D eigenvalue weighted by atomic mass is 10.4. The molecule has 0 aromatic carbocycles. The quantitative estimate of drug-likeness (QED) is 0.732. The molecule has 2 heterocycles. The first kappa shape index (κ1) is 14.4. The average Bonchev–Trinajstić information content (AvgIpc) is 3.09. The highest BCUT2D eigenvalue weighted by Gasteiger charge is 2.21. The predicted molar refractivity (Wildman–Crippen MR) is 71.4 cm³/mol. The molecule has 8 heteroatoms. The molecule has 0 unspecified atom stereocenters. The fourth-order valence-electron chi connectivity index (χ4n) is 2.13. The van der Waals surface area contributed by atoms with Crippen molar-refractivity contribution in [1.82, 2.24) is 24.8 Å². The molecule has 1 aromatic heterocycles. The van der Waals surface area contributed by atoms with E-state index in [9.17, 15) is 9.59 Å². The van der Waals surface area contributed by atoms with E-state index in [0.717, 1.165) is 25.9 Å². The van der Waals surface area contributed by atoms with Crippen molar-refractivity contribution in [2.45, 2.75) is 25.9 Å². The minimum absolute atomic E-state index is 0.000382. The number of hydrogen-bond donors (Lipinski definition) is 1. The number of aromatic nitrogens is 3. The van der Waals surface area contributed by atoms with E-state index in [2.05, 4.69) is 10.3 Å². The average molecular weight is 280 g/mol. The van der Waals surface area contributed by atoms with Crippen molar-refractivity contribution in [3.8, 4) is 0 Å². The fraction of sp³-hybridized carbons (Fsp3) is 0.667. The first-order valence-electron chi connectivity index (χ1n) is 6.71. The van der Waals surface area contributed by atoms with Crippen LogP contribution in [0.25, 0.3) is 0 Å². The van der Waals surface area contributed by atoms with Crippen LogP contribution in [0.15, 0.2) is 6.20 Å². The number of likely N-dealkylation sites (tertiary alicyclic amines) is 1. The number of carbonyl (C=O) groups is 2. The summed E-state index contributed by atoms with van der Waals surface area (Å²) in [7, 11) is 1.62. The monoisotopic (exact) mass is 280 g/mol. The lowest BCUT2D eigenvalue weighted by Gasteiger charge is -2.21. The van der Waals surface area contributed by atoms with Gasteiger partial charge in [-0.2, -0.15) is 0 Å². The van der Waals surface area contributed by atoms with Gasteiger partial charge in [0.25, 0.3) is 0 Å². The fourth-order valence-corrected chi connectivity index (χ4v) is 2.13. The first-order valence-corrected chi connectivity index (χ1v) is 6.71. The van der Waals surface area contributed by atoms with E-state index in [1.807, 2.05) is 0 Å². The minimum atomic E-state index is -0.175. The third-order valence-electron chi connectivity index (χ3n) is 3.35. The van der Waals surface area contributed by atoms with Crippen molar-refractivity contribution in [2.24, 2.45) is 5.73 Å². The van der Waals surface area contributed by atoms with E-state index >= 15 is 0 Å². The molecule has 1 fully saturated rings. The van der Waals surface area contributed by atoms with Gasteiger partial charge in [0.1, 0.15) is 6.54 Å². The molecule has 0 saturated carbocycles. The number of carbonyl (C=O) groups excluding carboxylic acids is 2. The summed E-state index contributed by atoms with van der Waals surface area (Å²) in [6.45, 7) is 2.05. The zero-order valence-corrected chi connectivity index (χ0v) is 11.7. The number of likely N-dealkylation sites (N-methyl/N-ethyl adjacent to an activating group) is 1. The van der Waals surface area contributed by atoms with E-state index in [1.54, 1.807) is 18.1 Å². The summed E-state index contributed by atoms with van der Waals surface area (Å²) in [5.74, 6) is -0.175. The number of amides is 2. The summed E-state index contributed by atoms with van der Waals surface area (Å²) >= 11 is 0. The highest BCUT2D eigenvalue weighted by Crippen LogP contribution is 2.07. The van der Waals surface area contributed by atoms with E-state index < -0.39 is 0 Å². The molecule has 110 valence electrons. The van der Waals surface area contributed by atoms with E-state index in [-0.39, 0.29) is 31.4 Å². The van der Waals surface area contributed by atoms with Crippen LogP contribution in [0.3, 0.4) is 0 Å². The van der Waals surface area contributed by atoms with Crippen molar-refractivity contribution >= 4 is 11.8 Å². The van der Waals surface area contributed by atoms with Crippen LogP contribution in [0.2, 0.25) is 0 Å². The molecule has 20 heavy (non-hydrogen) atoms. The zero-order chi connectivity index (χ0) is 14.5. The SMILES string of the molecule is CN(CC(=O)N1CCCC1)C(=O)Cn1cc(CN)nn1. The summed E-state index contributed by atoms with van der Waals surface area (Å²) in [6, 6.07) is 0. The van der Waals surface area contributed by atoms with E-state index in [4.69, 9.17) is 5.73 Å². The smallest absolute Gasteiger partial charge is 0.244 e. The van der Waals surface area contributed by atoms with Gasteiger partial charge in [0.15, 0.2) is 0 Å². The topological polar surface area (TPSA) is 97.4 Å². The lowest BCUT2D eigenvalue weighted by Crippen LogP contribution is -2.41. The van der Waals surface area contributed by atoms with Crippen molar-refractivity contribution in [3.05, 3.63) is 11.9 Å². The molecule has 2 N–H and O–H groups in total. The Hall–Kier alpha value is -1.96. The predicted octanol–water partition coefficient (Wildman–Crippen LogP) is -1.18. The summed E-state index contributed by atoms with van der Waals surface area (Å²) in [5.41, 5.74) is 6.06. The highest BCUT2D eigenvalue weighted by molar-refractivity contribution is 5.84. The van der Waals surface area contributed by atoms with Crippen LogP contribution in [0, 0.1) is 0 Å². The molecule has 2 amide bonds. The van der Waals surface area contributed by atoms with Gasteiger partial charge in [-0.15, -0.1) is 5.10 Å². The second kappa shape index (κ2) is 6.47. The lowest BCUT2D eigenvalue weighted by molar-refractivity contribution is -0.139. The maximum atomic E-state index is 12.0. The van der Waals surface area contributed by atoms with Gasteiger partial charge < -0.3 is 15.5 Å². The van der Waals surface area contributed by atoms with Crippen LogP contribution in [0.5, 0.6) is 0 Å². The Labute approximate surface area is 117 Å². The Morgan fingerprint density at radius 3 is 2.70 bits per heavy atom. The van der Waals surface area contributed by atoms with Gasteiger partial charge >= 0.3 is 0 Å². The van der Waals surface area contributed by atoms with Gasteiger partial charge in [0.05, 0.1) is 18.4 Å². The Morgan fingerprint density at radius 2 is 2.10 bits per heavy atom. The molecule has 1 aromatic rings. The van der Waals surface area contributed by atoms with Crippen molar-refractivity contribution < 1.29 is 9.59 Å². The Morgan fingerprint density at radius 1 is 1.40 bits per heavy atom. The highest BCUT2D eigenvalue weighted by atomic mass is 16.2. The van der Waals surface area contributed by atoms with Gasteiger partial charge in [-0.3, -0.25) is 9.59 Å². The number of nitrogens with two attached hydrogens (primary N) is 1. The third-order valence-corrected chi connectivity index (χ3v) is 3.35. The number of nitrogens with zero attached hydrogens (tertiary/aromatic N) is 5. The van der Waals surface area contributed by atoms with Crippen LogP contribution in [-0.2, 0) is 22.7 Å². The molecule has 1 saturated heterocycles. The second-order valence-electron chi connectivity index (χ2n) is 4.95. The maximum Gasteiger partial charge on any atom is 0.244 e. The van der Waals surface area contributed by atoms with Gasteiger partial charge in [0.2, 0.25) is 11.8 Å². The van der Waals surface area contributed by atoms with E-state index in [0.29, 0.717) is 5.69 Å². The van der Waals surface area contributed by atoms with Gasteiger partial charge in [0, 0.05) is 26.7 Å². The largest absolute Gasteiger partial charge is 0.341 e. The van der Waals surface area contributed by atoms with Crippen molar-refractivity contribution in [3.63, 3.8) is 0 Å². The second-order valence-corrected chi connectivity index (χ2v) is 4.95. The summed E-state index contributed by atoms with van der Waals surface area (Å²) in [5, 5.41) is 7.62. The number of rotatable bonds is 5. The molecule has 1 aliphatic rings. The molecule has 0 aliphatic carbocycles. The van der Waals surface area contributed by atoms with Crippen LogP contribution in [0.1, 0.15) is 18.5 Å². The molecule has 0 bridgehead atoms. The molecule has 0 radical (unpaired) electrons. The zero-order valence-electron chi connectivity index (χ0n) is 11.7. The van der Waals surface area contributed by atoms with Crippen molar-refractivity contribution in [1.29, 1.82) is 0 Å². The van der Waals surface area contributed by atoms with Crippen molar-refractivity contribution in [2.75, 3.05) is 26.7 Å². The molecular weight excluding hydrogens is 260 g/mol. The third kappa shape index (κ3) is 3.53. The maximum absolute atomic E-state index is 12.0. The standard InChI is InChI=1S/C12H20N6O2/c1-16(8-12(20)17-4-2-3-5-17)11(19)9-18-7-10(6-13)14-15-18/h7H,2-6,8-9,13H2,1H3. The molecule has 1 aliphatic heterocycles. The van der Waals surface area contributed by atoms with Gasteiger partial charge in [-0.1, -0.05) is 5.21 Å². The Balaban J connectivity index is 1.83. The molecular formula is C12H20N6O2. The summed E-state index contributed by atoms with van der Waals surface area (Å²) in [6.07, 6.45) is 3.72. The van der Waals surface area contributed by atoms with Crippen LogP contribution in [-0.4, -0.2) is 63.3 Å². The molecule has 0 spiro atoms. The number of hydrogen-bond acceptors (Lipinski definition) is 5. The minimum Gasteiger partial charge on any atom is -0.341 e. The Bertz CT molecular complexity index is 480. The summed E-state index contributed by atoms with van der Waals surface area (Å²) in [4.78, 5) is 27.2. The molecule has 0 atom stereocenters. The van der Waals surface area contributed by atoms with E-state index in [1.165, 1.54) is 9.58 Å². The first-order chi connectivity index (χ1) is 9.60. The normalized spacial score (nSPS) is 14.6. The van der Waals surface area contributed by atoms with Crippen LogP contribution in [0.4, 0.5) is 0 Å². The molecule has 2 rings (SSSR count). The molecule has 8 nitrogen and oxygen atoms in total. The summed E-state index contributed by atoms with van der Waals surface area (Å²) < 4.78 is 1.43. The Kier molecular flexibility index (Phi) is 4.67. The van der Waals surface area contributed by atoms with Gasteiger partial charge in [-0.05, 0) is 12.8 Å². The van der Waals surface area contributed by atoms with Gasteiger partial charge in [-0.25, -0.2) is 4.68 Å². The van der Waals surface area contributed by atoms with Crippen LogP contribution < -0.4 is 5.73 Å². The van der Waals surface area contributed by atoms with Crippen LogP contribution >= 0.6 is 0 Å².